The molecule has 0 radical (unpaired) electrons. The van der Waals surface area contributed by atoms with Crippen LogP contribution in [0.5, 0.6) is 5.75 Å². The van der Waals surface area contributed by atoms with Gasteiger partial charge < -0.3 is 14.2 Å². The largest absolute Gasteiger partial charge is 0.462 e. The standard InChI is InChI=1S/C25H20N2O6S/c1-2-32-25(29)19-10-12-21(13-11-19)27-24(28)20(17-26)16-18-8-14-22(15-9-18)33-34(30,31)23-6-4-3-5-7-23/h3-16H,2H2,1H3,(H,27,28)/b20-16+. The highest BCUT2D eigenvalue weighted by Gasteiger charge is 2.16. The van der Waals surface area contributed by atoms with Gasteiger partial charge in [-0.3, -0.25) is 4.79 Å². The van der Waals surface area contributed by atoms with Crippen LogP contribution >= 0.6 is 0 Å². The third kappa shape index (κ3) is 6.31. The fourth-order valence-corrected chi connectivity index (χ4v) is 3.75. The summed E-state index contributed by atoms with van der Waals surface area (Å²) in [6.07, 6.45) is 1.36. The molecule has 3 aromatic rings. The fraction of sp³-hybridized carbons (Fsp3) is 0.0800. The third-order valence-electron chi connectivity index (χ3n) is 4.45. The summed E-state index contributed by atoms with van der Waals surface area (Å²) in [7, 11) is -3.97. The lowest BCUT2D eigenvalue weighted by atomic mass is 10.1. The molecule has 0 bridgehead atoms. The minimum Gasteiger partial charge on any atom is -0.462 e. The molecular weight excluding hydrogens is 456 g/mol. The van der Waals surface area contributed by atoms with Crippen molar-refractivity contribution in [2.24, 2.45) is 0 Å². The summed E-state index contributed by atoms with van der Waals surface area (Å²) < 4.78 is 34.6. The van der Waals surface area contributed by atoms with Gasteiger partial charge in [0.05, 0.1) is 12.2 Å². The van der Waals surface area contributed by atoms with E-state index >= 15 is 0 Å². The van der Waals surface area contributed by atoms with Crippen LogP contribution in [0, 0.1) is 11.3 Å². The van der Waals surface area contributed by atoms with Gasteiger partial charge in [0.2, 0.25) is 0 Å². The first-order valence-electron chi connectivity index (χ1n) is 10.1. The first kappa shape index (κ1) is 24.2. The van der Waals surface area contributed by atoms with Gasteiger partial charge in [-0.25, -0.2) is 4.79 Å². The third-order valence-corrected chi connectivity index (χ3v) is 5.71. The molecule has 3 rings (SSSR count). The molecule has 1 N–H and O–H groups in total. The van der Waals surface area contributed by atoms with E-state index in [0.29, 0.717) is 16.8 Å². The van der Waals surface area contributed by atoms with Crippen LogP contribution in [0.1, 0.15) is 22.8 Å². The van der Waals surface area contributed by atoms with E-state index < -0.39 is 22.0 Å². The average Bonchev–Trinajstić information content (AvgIpc) is 2.84. The monoisotopic (exact) mass is 476 g/mol. The molecule has 0 saturated carbocycles. The van der Waals surface area contributed by atoms with E-state index in [0.717, 1.165) is 0 Å². The van der Waals surface area contributed by atoms with Gasteiger partial charge in [0.15, 0.2) is 0 Å². The molecule has 0 saturated heterocycles. The molecule has 1 amide bonds. The summed E-state index contributed by atoms with van der Waals surface area (Å²) in [6, 6.07) is 21.5. The number of anilines is 1. The van der Waals surface area contributed by atoms with Crippen molar-refractivity contribution in [3.05, 3.63) is 95.6 Å². The minimum absolute atomic E-state index is 0.0256. The number of hydrogen-bond acceptors (Lipinski definition) is 7. The molecule has 0 spiro atoms. The second-order valence-corrected chi connectivity index (χ2v) is 8.39. The average molecular weight is 477 g/mol. The molecule has 172 valence electrons. The normalized spacial score (nSPS) is 11.2. The van der Waals surface area contributed by atoms with Gasteiger partial charge >= 0.3 is 16.1 Å². The lowest BCUT2D eigenvalue weighted by Gasteiger charge is -2.07. The van der Waals surface area contributed by atoms with E-state index in [2.05, 4.69) is 5.32 Å². The fourth-order valence-electron chi connectivity index (χ4n) is 2.80. The molecule has 8 nitrogen and oxygen atoms in total. The highest BCUT2D eigenvalue weighted by Crippen LogP contribution is 2.20. The highest BCUT2D eigenvalue weighted by molar-refractivity contribution is 7.87. The van der Waals surface area contributed by atoms with Crippen molar-refractivity contribution in [2.45, 2.75) is 11.8 Å². The van der Waals surface area contributed by atoms with E-state index in [4.69, 9.17) is 8.92 Å². The Morgan fingerprint density at radius 1 is 0.971 bits per heavy atom. The van der Waals surface area contributed by atoms with Gasteiger partial charge in [0.1, 0.15) is 22.3 Å². The summed E-state index contributed by atoms with van der Waals surface area (Å²) >= 11 is 0. The van der Waals surface area contributed by atoms with Gasteiger partial charge in [0, 0.05) is 5.69 Å². The molecule has 0 aromatic heterocycles. The van der Waals surface area contributed by atoms with Crippen molar-refractivity contribution in [1.29, 1.82) is 5.26 Å². The number of amides is 1. The number of benzene rings is 3. The summed E-state index contributed by atoms with van der Waals surface area (Å²) in [6.45, 7) is 1.96. The molecule has 0 heterocycles. The van der Waals surface area contributed by atoms with Crippen LogP contribution in [0.3, 0.4) is 0 Å². The van der Waals surface area contributed by atoms with Crippen LogP contribution in [-0.4, -0.2) is 26.9 Å². The maximum Gasteiger partial charge on any atom is 0.339 e. The van der Waals surface area contributed by atoms with Gasteiger partial charge in [0.25, 0.3) is 5.91 Å². The number of carbonyl (C=O) groups excluding carboxylic acids is 2. The van der Waals surface area contributed by atoms with Crippen molar-refractivity contribution >= 4 is 33.8 Å². The summed E-state index contributed by atoms with van der Waals surface area (Å²) in [5, 5.41) is 12.0. The first-order chi connectivity index (χ1) is 16.3. The smallest absolute Gasteiger partial charge is 0.339 e. The van der Waals surface area contributed by atoms with Gasteiger partial charge in [-0.15, -0.1) is 0 Å². The molecule has 0 aliphatic rings. The second-order valence-electron chi connectivity index (χ2n) is 6.84. The maximum absolute atomic E-state index is 12.5. The van der Waals surface area contributed by atoms with Crippen molar-refractivity contribution < 1.29 is 26.9 Å². The Hall–Kier alpha value is -4.42. The second kappa shape index (κ2) is 10.9. The SMILES string of the molecule is CCOC(=O)c1ccc(NC(=O)/C(C#N)=C/c2ccc(OS(=O)(=O)c3ccccc3)cc2)cc1. The van der Waals surface area contributed by atoms with Crippen molar-refractivity contribution in [2.75, 3.05) is 11.9 Å². The lowest BCUT2D eigenvalue weighted by Crippen LogP contribution is -2.13. The Morgan fingerprint density at radius 2 is 1.62 bits per heavy atom. The van der Waals surface area contributed by atoms with Crippen molar-refractivity contribution in [1.82, 2.24) is 0 Å². The van der Waals surface area contributed by atoms with Gasteiger partial charge in [-0.05, 0) is 67.1 Å². The molecule has 0 aliphatic heterocycles. The van der Waals surface area contributed by atoms with Crippen LogP contribution < -0.4 is 9.50 Å². The van der Waals surface area contributed by atoms with Crippen LogP contribution in [0.15, 0.2) is 89.3 Å². The Balaban J connectivity index is 1.68. The van der Waals surface area contributed by atoms with E-state index in [1.54, 1.807) is 25.1 Å². The van der Waals surface area contributed by atoms with E-state index in [9.17, 15) is 23.3 Å². The number of nitrogens with one attached hydrogen (secondary N) is 1. The Morgan fingerprint density at radius 3 is 2.21 bits per heavy atom. The molecule has 34 heavy (non-hydrogen) atoms. The van der Waals surface area contributed by atoms with Crippen LogP contribution in [0.25, 0.3) is 6.08 Å². The summed E-state index contributed by atoms with van der Waals surface area (Å²) in [5.74, 6) is -1.02. The number of carbonyl (C=O) groups is 2. The van der Waals surface area contributed by atoms with Crippen molar-refractivity contribution in [3.63, 3.8) is 0 Å². The van der Waals surface area contributed by atoms with Crippen LogP contribution in [0.2, 0.25) is 0 Å². The molecule has 0 unspecified atom stereocenters. The van der Waals surface area contributed by atoms with Crippen LogP contribution in [-0.2, 0) is 19.6 Å². The molecule has 0 fully saturated rings. The Bertz CT molecular complexity index is 1340. The van der Waals surface area contributed by atoms with Gasteiger partial charge in [-0.1, -0.05) is 30.3 Å². The van der Waals surface area contributed by atoms with E-state index in [1.807, 2.05) is 6.07 Å². The predicted octanol–water partition coefficient (Wildman–Crippen LogP) is 4.18. The lowest BCUT2D eigenvalue weighted by molar-refractivity contribution is -0.112. The predicted molar refractivity (Wildman–Crippen MR) is 125 cm³/mol. The maximum atomic E-state index is 12.5. The van der Waals surface area contributed by atoms with Crippen LogP contribution in [0.4, 0.5) is 5.69 Å². The minimum atomic E-state index is -3.97. The zero-order chi connectivity index (χ0) is 24.6. The van der Waals surface area contributed by atoms with Gasteiger partial charge in [-0.2, -0.15) is 13.7 Å². The number of nitrogens with zero attached hydrogens (tertiary/aromatic N) is 1. The number of nitriles is 1. The topological polar surface area (TPSA) is 123 Å². The zero-order valence-electron chi connectivity index (χ0n) is 18.1. The Labute approximate surface area is 197 Å². The van der Waals surface area contributed by atoms with E-state index in [1.165, 1.54) is 66.7 Å². The number of rotatable bonds is 8. The number of esters is 1. The summed E-state index contributed by atoms with van der Waals surface area (Å²) in [5.41, 5.74) is 1.07. The first-order valence-corrected chi connectivity index (χ1v) is 11.5. The Kier molecular flexibility index (Phi) is 7.79. The van der Waals surface area contributed by atoms with Crippen molar-refractivity contribution in [3.8, 4) is 11.8 Å². The zero-order valence-corrected chi connectivity index (χ0v) is 18.9. The molecular formula is C25H20N2O6S. The quantitative estimate of drug-likeness (QED) is 0.224. The molecule has 3 aromatic carbocycles. The molecule has 0 aliphatic carbocycles. The molecule has 9 heteroatoms. The van der Waals surface area contributed by atoms with E-state index in [-0.39, 0.29) is 22.8 Å². The molecule has 0 atom stereocenters. The summed E-state index contributed by atoms with van der Waals surface area (Å²) in [4.78, 5) is 24.2. The highest BCUT2D eigenvalue weighted by atomic mass is 32.2. The number of hydrogen-bond donors (Lipinski definition) is 1. The number of ether oxygens (including phenoxy) is 1.